The molecular formula is C12H9BrN2O3S2. The molecule has 8 heteroatoms. The number of hydrogen-bond acceptors (Lipinski definition) is 6. The number of hydrogen-bond donors (Lipinski definition) is 1. The number of rotatable bonds is 3. The maximum absolute atomic E-state index is 12.3. The van der Waals surface area contributed by atoms with Crippen LogP contribution in [0.1, 0.15) is 4.88 Å². The number of nitrogen functional groups attached to an aromatic ring is 1. The second-order valence-electron chi connectivity index (χ2n) is 4.16. The number of sulfone groups is 1. The number of thiophene rings is 1. The maximum Gasteiger partial charge on any atom is 0.316 e. The van der Waals surface area contributed by atoms with Crippen LogP contribution < -0.4 is 5.73 Å². The summed E-state index contributed by atoms with van der Waals surface area (Å²) < 4.78 is 30.7. The summed E-state index contributed by atoms with van der Waals surface area (Å²) in [6, 6.07) is 6.65. The molecule has 2 heterocycles. The SMILES string of the molecule is Nc1ccc2nc(S(=O)(=O)Cc3sccc3Br)oc2c1. The molecule has 3 aromatic rings. The minimum Gasteiger partial charge on any atom is -0.428 e. The molecule has 0 aliphatic carbocycles. The first kappa shape index (κ1) is 13.6. The molecule has 1 aromatic carbocycles. The molecule has 0 aliphatic heterocycles. The van der Waals surface area contributed by atoms with E-state index in [1.165, 1.54) is 11.3 Å². The maximum atomic E-state index is 12.3. The Labute approximate surface area is 127 Å². The van der Waals surface area contributed by atoms with E-state index >= 15 is 0 Å². The second-order valence-corrected chi connectivity index (χ2v) is 7.88. The lowest BCUT2D eigenvalue weighted by Gasteiger charge is -1.98. The summed E-state index contributed by atoms with van der Waals surface area (Å²) in [4.78, 5) is 4.73. The van der Waals surface area contributed by atoms with Crippen molar-refractivity contribution in [3.8, 4) is 0 Å². The largest absolute Gasteiger partial charge is 0.428 e. The van der Waals surface area contributed by atoms with Crippen LogP contribution in [0.15, 0.2) is 43.8 Å². The molecule has 2 N–H and O–H groups in total. The average molecular weight is 373 g/mol. The highest BCUT2D eigenvalue weighted by Gasteiger charge is 2.24. The quantitative estimate of drug-likeness (QED) is 0.713. The third kappa shape index (κ3) is 2.46. The number of nitrogens with two attached hydrogens (primary N) is 1. The van der Waals surface area contributed by atoms with E-state index in [1.54, 1.807) is 18.2 Å². The van der Waals surface area contributed by atoms with Crippen LogP contribution in [0.25, 0.3) is 11.1 Å². The van der Waals surface area contributed by atoms with Gasteiger partial charge in [0.25, 0.3) is 0 Å². The van der Waals surface area contributed by atoms with Gasteiger partial charge in [-0.05, 0) is 39.5 Å². The van der Waals surface area contributed by atoms with Crippen molar-refractivity contribution in [2.75, 3.05) is 5.73 Å². The Bertz CT molecular complexity index is 883. The van der Waals surface area contributed by atoms with Gasteiger partial charge in [0, 0.05) is 21.1 Å². The van der Waals surface area contributed by atoms with Crippen molar-refractivity contribution < 1.29 is 12.8 Å². The lowest BCUT2D eigenvalue weighted by molar-refractivity contribution is 0.458. The highest BCUT2D eigenvalue weighted by Crippen LogP contribution is 2.28. The Hall–Kier alpha value is -1.38. The topological polar surface area (TPSA) is 86.2 Å². The third-order valence-corrected chi connectivity index (χ3v) is 6.16. The van der Waals surface area contributed by atoms with E-state index < -0.39 is 9.84 Å². The molecule has 0 bridgehead atoms. The Morgan fingerprint density at radius 2 is 2.15 bits per heavy atom. The van der Waals surface area contributed by atoms with E-state index in [0.717, 1.165) is 4.47 Å². The van der Waals surface area contributed by atoms with Crippen LogP contribution in [0.2, 0.25) is 0 Å². The van der Waals surface area contributed by atoms with Crippen molar-refractivity contribution in [2.45, 2.75) is 11.0 Å². The zero-order chi connectivity index (χ0) is 14.3. The van der Waals surface area contributed by atoms with Crippen molar-refractivity contribution >= 4 is 53.9 Å². The van der Waals surface area contributed by atoms with Crippen LogP contribution in [0, 0.1) is 0 Å². The fourth-order valence-corrected chi connectivity index (χ4v) is 4.99. The van der Waals surface area contributed by atoms with E-state index in [9.17, 15) is 8.42 Å². The minimum absolute atomic E-state index is 0.145. The van der Waals surface area contributed by atoms with Gasteiger partial charge in [0.1, 0.15) is 5.52 Å². The Balaban J connectivity index is 2.03. The monoisotopic (exact) mass is 372 g/mol. The van der Waals surface area contributed by atoms with E-state index in [0.29, 0.717) is 21.7 Å². The van der Waals surface area contributed by atoms with Gasteiger partial charge in [-0.25, -0.2) is 8.42 Å². The summed E-state index contributed by atoms with van der Waals surface area (Å²) in [5.74, 6) is -0.145. The van der Waals surface area contributed by atoms with Gasteiger partial charge in [-0.1, -0.05) is 0 Å². The summed E-state index contributed by atoms with van der Waals surface area (Å²) in [7, 11) is -3.62. The van der Waals surface area contributed by atoms with Gasteiger partial charge in [0.2, 0.25) is 9.84 Å². The number of benzene rings is 1. The number of aromatic nitrogens is 1. The summed E-state index contributed by atoms with van der Waals surface area (Å²) in [6.07, 6.45) is 0. The number of nitrogens with zero attached hydrogens (tertiary/aromatic N) is 1. The van der Waals surface area contributed by atoms with E-state index in [-0.39, 0.29) is 11.0 Å². The smallest absolute Gasteiger partial charge is 0.316 e. The molecule has 0 unspecified atom stereocenters. The molecule has 104 valence electrons. The van der Waals surface area contributed by atoms with Crippen molar-refractivity contribution in [3.63, 3.8) is 0 Å². The molecular weight excluding hydrogens is 364 g/mol. The lowest BCUT2D eigenvalue weighted by atomic mass is 10.3. The first-order valence-corrected chi connectivity index (χ1v) is 8.89. The predicted molar refractivity (Wildman–Crippen MR) is 81.3 cm³/mol. The van der Waals surface area contributed by atoms with E-state index in [2.05, 4.69) is 20.9 Å². The Morgan fingerprint density at radius 1 is 1.35 bits per heavy atom. The molecule has 0 spiro atoms. The molecule has 0 aliphatic rings. The van der Waals surface area contributed by atoms with Gasteiger partial charge in [-0.2, -0.15) is 4.98 Å². The molecule has 0 saturated carbocycles. The second kappa shape index (κ2) is 4.87. The highest BCUT2D eigenvalue weighted by molar-refractivity contribution is 9.10. The lowest BCUT2D eigenvalue weighted by Crippen LogP contribution is -2.04. The molecule has 0 amide bonds. The van der Waals surface area contributed by atoms with Crippen LogP contribution in [0.5, 0.6) is 0 Å². The molecule has 0 atom stereocenters. The van der Waals surface area contributed by atoms with Gasteiger partial charge in [-0.3, -0.25) is 0 Å². The van der Waals surface area contributed by atoms with E-state index in [1.807, 2.05) is 11.4 Å². The van der Waals surface area contributed by atoms with Gasteiger partial charge >= 0.3 is 5.22 Å². The van der Waals surface area contributed by atoms with Gasteiger partial charge < -0.3 is 10.2 Å². The van der Waals surface area contributed by atoms with Crippen LogP contribution >= 0.6 is 27.3 Å². The Morgan fingerprint density at radius 3 is 2.85 bits per heavy atom. The van der Waals surface area contributed by atoms with Crippen LogP contribution in [-0.2, 0) is 15.6 Å². The number of fused-ring (bicyclic) bond motifs is 1. The molecule has 0 fully saturated rings. The van der Waals surface area contributed by atoms with Crippen molar-refractivity contribution in [2.24, 2.45) is 0 Å². The zero-order valence-electron chi connectivity index (χ0n) is 10.0. The minimum atomic E-state index is -3.62. The number of oxazole rings is 1. The molecule has 5 nitrogen and oxygen atoms in total. The Kier molecular flexibility index (Phi) is 3.31. The molecule has 2 aromatic heterocycles. The van der Waals surface area contributed by atoms with Crippen LogP contribution in [0.3, 0.4) is 0 Å². The van der Waals surface area contributed by atoms with Crippen molar-refractivity contribution in [1.29, 1.82) is 0 Å². The molecule has 3 rings (SSSR count). The van der Waals surface area contributed by atoms with Crippen LogP contribution in [-0.4, -0.2) is 13.4 Å². The van der Waals surface area contributed by atoms with Crippen molar-refractivity contribution in [3.05, 3.63) is 39.0 Å². The van der Waals surface area contributed by atoms with Gasteiger partial charge in [-0.15, -0.1) is 11.3 Å². The first-order chi connectivity index (χ1) is 9.45. The fourth-order valence-electron chi connectivity index (χ4n) is 1.72. The number of anilines is 1. The number of halogens is 1. The summed E-state index contributed by atoms with van der Waals surface area (Å²) in [5.41, 5.74) is 6.97. The summed E-state index contributed by atoms with van der Waals surface area (Å²) in [5, 5.41) is 1.54. The normalized spacial score (nSPS) is 12.1. The zero-order valence-corrected chi connectivity index (χ0v) is 13.3. The third-order valence-electron chi connectivity index (χ3n) is 2.67. The summed E-state index contributed by atoms with van der Waals surface area (Å²) >= 11 is 4.68. The summed E-state index contributed by atoms with van der Waals surface area (Å²) in [6.45, 7) is 0. The van der Waals surface area contributed by atoms with E-state index in [4.69, 9.17) is 10.2 Å². The predicted octanol–water partition coefficient (Wildman–Crippen LogP) is 3.21. The van der Waals surface area contributed by atoms with Crippen LogP contribution in [0.4, 0.5) is 5.69 Å². The average Bonchev–Trinajstić information content (AvgIpc) is 2.96. The molecule has 20 heavy (non-hydrogen) atoms. The molecule has 0 radical (unpaired) electrons. The highest BCUT2D eigenvalue weighted by atomic mass is 79.9. The van der Waals surface area contributed by atoms with Crippen molar-refractivity contribution in [1.82, 2.24) is 4.98 Å². The first-order valence-electron chi connectivity index (χ1n) is 5.56. The standard InChI is InChI=1S/C12H9BrN2O3S2/c13-8-3-4-19-11(8)6-20(16,17)12-15-9-2-1-7(14)5-10(9)18-12/h1-5H,6,14H2. The van der Waals surface area contributed by atoms with Gasteiger partial charge in [0.05, 0.1) is 5.75 Å². The van der Waals surface area contributed by atoms with Gasteiger partial charge in [0.15, 0.2) is 5.58 Å². The molecule has 0 saturated heterocycles. The fraction of sp³-hybridized carbons (Fsp3) is 0.0833.